The zero-order valence-electron chi connectivity index (χ0n) is 17.4. The lowest BCUT2D eigenvalue weighted by molar-refractivity contribution is 0.102. The molecule has 2 aromatic rings. The fraction of sp³-hybridized carbons (Fsp3) is 0.381. The Kier molecular flexibility index (Phi) is 7.15. The van der Waals surface area contributed by atoms with E-state index < -0.39 is 15.9 Å². The molecule has 1 fully saturated rings. The third kappa shape index (κ3) is 5.39. The van der Waals surface area contributed by atoms with Gasteiger partial charge in [-0.05, 0) is 42.9 Å². The van der Waals surface area contributed by atoms with Crippen molar-refractivity contribution in [1.82, 2.24) is 14.1 Å². The van der Waals surface area contributed by atoms with Crippen LogP contribution in [-0.4, -0.2) is 75.8 Å². The van der Waals surface area contributed by atoms with E-state index in [1.54, 1.807) is 6.07 Å². The van der Waals surface area contributed by atoms with Crippen LogP contribution < -0.4 is 5.32 Å². The summed E-state index contributed by atoms with van der Waals surface area (Å²) in [5.41, 5.74) is 1.86. The molecule has 162 valence electrons. The van der Waals surface area contributed by atoms with E-state index in [1.165, 1.54) is 32.3 Å². The van der Waals surface area contributed by atoms with E-state index in [1.807, 2.05) is 18.2 Å². The molecule has 0 atom stereocenters. The lowest BCUT2D eigenvalue weighted by Crippen LogP contribution is -2.43. The number of halogens is 1. The molecule has 0 aromatic heterocycles. The number of benzene rings is 2. The van der Waals surface area contributed by atoms with Gasteiger partial charge >= 0.3 is 0 Å². The summed E-state index contributed by atoms with van der Waals surface area (Å²) in [5.74, 6) is -0.451. The molecule has 0 unspecified atom stereocenters. The Balaban J connectivity index is 1.75. The van der Waals surface area contributed by atoms with Crippen molar-refractivity contribution in [3.8, 4) is 0 Å². The number of rotatable bonds is 6. The van der Waals surface area contributed by atoms with E-state index in [4.69, 9.17) is 11.6 Å². The minimum absolute atomic E-state index is 0.0193. The SMILES string of the molecule is CN1CCN(Cc2cccc(NC(=O)c3cc(S(=O)(=O)N(C)C)ccc3Cl)c2)CC1. The van der Waals surface area contributed by atoms with Crippen molar-refractivity contribution < 1.29 is 13.2 Å². The zero-order chi connectivity index (χ0) is 21.9. The number of hydrogen-bond acceptors (Lipinski definition) is 5. The number of hydrogen-bond donors (Lipinski definition) is 1. The third-order valence-corrected chi connectivity index (χ3v) is 7.29. The second-order valence-electron chi connectivity index (χ2n) is 7.66. The van der Waals surface area contributed by atoms with Crippen LogP contribution in [0.1, 0.15) is 15.9 Å². The van der Waals surface area contributed by atoms with Crippen LogP contribution in [0.4, 0.5) is 5.69 Å². The van der Waals surface area contributed by atoms with E-state index in [0.29, 0.717) is 5.69 Å². The van der Waals surface area contributed by atoms with E-state index in [2.05, 4.69) is 22.2 Å². The molecule has 0 spiro atoms. The lowest BCUT2D eigenvalue weighted by Gasteiger charge is -2.32. The van der Waals surface area contributed by atoms with E-state index in [9.17, 15) is 13.2 Å². The molecular weight excluding hydrogens is 424 g/mol. The number of nitrogens with zero attached hydrogens (tertiary/aromatic N) is 3. The van der Waals surface area contributed by atoms with Crippen molar-refractivity contribution in [1.29, 1.82) is 0 Å². The summed E-state index contributed by atoms with van der Waals surface area (Å²) < 4.78 is 25.8. The maximum atomic E-state index is 12.8. The highest BCUT2D eigenvalue weighted by atomic mass is 35.5. The molecule has 7 nitrogen and oxygen atoms in total. The molecule has 1 amide bonds. The van der Waals surface area contributed by atoms with Crippen molar-refractivity contribution in [3.05, 3.63) is 58.6 Å². The highest BCUT2D eigenvalue weighted by molar-refractivity contribution is 7.89. The number of anilines is 1. The average molecular weight is 451 g/mol. The number of piperazine rings is 1. The highest BCUT2D eigenvalue weighted by Crippen LogP contribution is 2.23. The second kappa shape index (κ2) is 9.45. The first kappa shape index (κ1) is 22.7. The Morgan fingerprint density at radius 3 is 2.47 bits per heavy atom. The summed E-state index contributed by atoms with van der Waals surface area (Å²) in [7, 11) is 1.34. The predicted molar refractivity (Wildman–Crippen MR) is 119 cm³/mol. The zero-order valence-corrected chi connectivity index (χ0v) is 19.0. The fourth-order valence-corrected chi connectivity index (χ4v) is 4.39. The topological polar surface area (TPSA) is 73.0 Å². The first-order chi connectivity index (χ1) is 14.2. The first-order valence-corrected chi connectivity index (χ1v) is 11.5. The van der Waals surface area contributed by atoms with Crippen molar-refractivity contribution in [3.63, 3.8) is 0 Å². The minimum atomic E-state index is -3.66. The van der Waals surface area contributed by atoms with Crippen LogP contribution in [0.15, 0.2) is 47.4 Å². The largest absolute Gasteiger partial charge is 0.322 e. The Morgan fingerprint density at radius 2 is 1.80 bits per heavy atom. The Labute approximate surface area is 183 Å². The van der Waals surface area contributed by atoms with Gasteiger partial charge in [-0.3, -0.25) is 9.69 Å². The molecule has 0 aliphatic carbocycles. The van der Waals surface area contributed by atoms with Crippen LogP contribution in [0, 0.1) is 0 Å². The molecule has 1 heterocycles. The van der Waals surface area contributed by atoms with Crippen LogP contribution in [0.2, 0.25) is 5.02 Å². The van der Waals surface area contributed by atoms with Crippen LogP contribution in [0.25, 0.3) is 0 Å². The quantitative estimate of drug-likeness (QED) is 0.732. The molecule has 0 radical (unpaired) electrons. The van der Waals surface area contributed by atoms with Gasteiger partial charge in [-0.15, -0.1) is 0 Å². The van der Waals surface area contributed by atoms with Gasteiger partial charge < -0.3 is 10.2 Å². The van der Waals surface area contributed by atoms with Gasteiger partial charge in [-0.2, -0.15) is 0 Å². The van der Waals surface area contributed by atoms with Crippen LogP contribution >= 0.6 is 11.6 Å². The van der Waals surface area contributed by atoms with Crippen molar-refractivity contribution >= 4 is 33.2 Å². The number of likely N-dealkylation sites (N-methyl/N-ethyl adjacent to an activating group) is 1. The maximum absolute atomic E-state index is 12.8. The lowest BCUT2D eigenvalue weighted by atomic mass is 10.1. The molecule has 2 aromatic carbocycles. The van der Waals surface area contributed by atoms with Crippen molar-refractivity contribution in [2.45, 2.75) is 11.4 Å². The van der Waals surface area contributed by atoms with Crippen LogP contribution in [0.3, 0.4) is 0 Å². The molecule has 1 aliphatic rings. The number of amides is 1. The van der Waals surface area contributed by atoms with Gasteiger partial charge in [0.15, 0.2) is 0 Å². The number of nitrogens with one attached hydrogen (secondary N) is 1. The van der Waals surface area contributed by atoms with Crippen molar-refractivity contribution in [2.24, 2.45) is 0 Å². The summed E-state index contributed by atoms with van der Waals surface area (Å²) >= 11 is 6.18. The van der Waals surface area contributed by atoms with E-state index >= 15 is 0 Å². The number of carbonyl (C=O) groups excluding carboxylic acids is 1. The van der Waals surface area contributed by atoms with Crippen molar-refractivity contribution in [2.75, 3.05) is 52.6 Å². The van der Waals surface area contributed by atoms with E-state index in [-0.39, 0.29) is 15.5 Å². The molecule has 1 saturated heterocycles. The Morgan fingerprint density at radius 1 is 1.10 bits per heavy atom. The molecule has 30 heavy (non-hydrogen) atoms. The molecule has 9 heteroatoms. The molecule has 3 rings (SSSR count). The first-order valence-electron chi connectivity index (χ1n) is 9.70. The predicted octanol–water partition coefficient (Wildman–Crippen LogP) is 2.59. The van der Waals surface area contributed by atoms with Gasteiger partial charge in [0, 0.05) is 52.5 Å². The number of sulfonamides is 1. The standard InChI is InChI=1S/C21H27ClN4O3S/c1-24(2)30(28,29)18-7-8-20(22)19(14-18)21(27)23-17-6-4-5-16(13-17)15-26-11-9-25(3)10-12-26/h4-8,13-14H,9-12,15H2,1-3H3,(H,23,27). The van der Waals surface area contributed by atoms with Gasteiger partial charge in [0.2, 0.25) is 10.0 Å². The Bertz CT molecular complexity index is 1020. The number of carbonyl (C=O) groups is 1. The third-order valence-electron chi connectivity index (χ3n) is 5.15. The second-order valence-corrected chi connectivity index (χ2v) is 10.2. The van der Waals surface area contributed by atoms with E-state index in [0.717, 1.165) is 42.6 Å². The van der Waals surface area contributed by atoms with Gasteiger partial charge in [-0.1, -0.05) is 23.7 Å². The molecule has 0 bridgehead atoms. The van der Waals surface area contributed by atoms with Gasteiger partial charge in [0.25, 0.3) is 5.91 Å². The smallest absolute Gasteiger partial charge is 0.257 e. The monoisotopic (exact) mass is 450 g/mol. The summed E-state index contributed by atoms with van der Waals surface area (Å²) in [5, 5.41) is 3.03. The summed E-state index contributed by atoms with van der Waals surface area (Å²) in [6, 6.07) is 11.8. The average Bonchev–Trinajstić information content (AvgIpc) is 2.70. The molecular formula is C21H27ClN4O3S. The molecule has 1 aliphatic heterocycles. The highest BCUT2D eigenvalue weighted by Gasteiger charge is 2.21. The van der Waals surface area contributed by atoms with Gasteiger partial charge in [-0.25, -0.2) is 12.7 Å². The maximum Gasteiger partial charge on any atom is 0.257 e. The normalized spacial score (nSPS) is 16.0. The minimum Gasteiger partial charge on any atom is -0.322 e. The summed E-state index contributed by atoms with van der Waals surface area (Å²) in [4.78, 5) is 17.5. The van der Waals surface area contributed by atoms with Gasteiger partial charge in [0.1, 0.15) is 0 Å². The summed E-state index contributed by atoms with van der Waals surface area (Å²) in [6.45, 7) is 4.92. The summed E-state index contributed by atoms with van der Waals surface area (Å²) in [6.07, 6.45) is 0. The Hall–Kier alpha value is -1.97. The van der Waals surface area contributed by atoms with Crippen LogP contribution in [-0.2, 0) is 16.6 Å². The molecule has 1 N–H and O–H groups in total. The molecule has 0 saturated carbocycles. The van der Waals surface area contributed by atoms with Gasteiger partial charge in [0.05, 0.1) is 15.5 Å². The van der Waals surface area contributed by atoms with Crippen LogP contribution in [0.5, 0.6) is 0 Å². The fourth-order valence-electron chi connectivity index (χ4n) is 3.26.